The van der Waals surface area contributed by atoms with Crippen LogP contribution in [-0.2, 0) is 0 Å². The van der Waals surface area contributed by atoms with Gasteiger partial charge in [-0.2, -0.15) is 0 Å². The molecule has 7 heteroatoms. The lowest BCUT2D eigenvalue weighted by Gasteiger charge is -2.37. The molecule has 0 aromatic rings. The number of hydrogen-bond acceptors (Lipinski definition) is 0. The number of halogens is 6. The quantitative estimate of drug-likeness (QED) is 0.474. The highest BCUT2D eigenvalue weighted by Gasteiger charge is 2.46. The highest BCUT2D eigenvalue weighted by molar-refractivity contribution is 6.45. The lowest BCUT2D eigenvalue weighted by molar-refractivity contribution is 0.544. The van der Waals surface area contributed by atoms with Gasteiger partial charge in [0.1, 0.15) is 0 Å². The van der Waals surface area contributed by atoms with Crippen molar-refractivity contribution in [1.29, 1.82) is 0 Å². The third-order valence-electron chi connectivity index (χ3n) is 1.83. The van der Waals surface area contributed by atoms with E-state index in [9.17, 15) is 0 Å². The summed E-state index contributed by atoms with van der Waals surface area (Å²) in [5.74, 6) is 0. The van der Waals surface area contributed by atoms with Crippen LogP contribution in [0.4, 0.5) is 0 Å². The number of alkyl halides is 6. The van der Waals surface area contributed by atoms with E-state index in [1.165, 1.54) is 0 Å². The topological polar surface area (TPSA) is 0 Å². The van der Waals surface area contributed by atoms with Gasteiger partial charge < -0.3 is 0 Å². The fourth-order valence-corrected chi connectivity index (χ4v) is 3.38. The van der Waals surface area contributed by atoms with Crippen molar-refractivity contribution in [3.8, 4) is 0 Å². The van der Waals surface area contributed by atoms with E-state index in [2.05, 4.69) is 0 Å². The van der Waals surface area contributed by atoms with Crippen LogP contribution in [0.15, 0.2) is 0 Å². The third-order valence-corrected chi connectivity index (χ3v) is 5.86. The van der Waals surface area contributed by atoms with Gasteiger partial charge in [0.15, 0.2) is 0 Å². The van der Waals surface area contributed by atoms with Crippen LogP contribution >= 0.6 is 69.6 Å². The average molecular weight is 323 g/mol. The van der Waals surface area contributed by atoms with Gasteiger partial charge in [-0.3, -0.25) is 0 Å². The Bertz CT molecular complexity index is 109. The monoisotopic (exact) mass is 320 g/mol. The van der Waals surface area contributed by atoms with Gasteiger partial charge in [0.25, 0.3) is 0 Å². The molecule has 13 heavy (non-hydrogen) atoms. The predicted octanol–water partition coefficient (Wildman–Crippen LogP) is 2.19. The van der Waals surface area contributed by atoms with E-state index in [1.54, 1.807) is 0 Å². The van der Waals surface area contributed by atoms with Crippen molar-refractivity contribution in [2.45, 2.75) is 32.3 Å². The summed E-state index contributed by atoms with van der Waals surface area (Å²) in [5, 5.41) is -2.62. The largest absolute Gasteiger partial charge is 0.120 e. The van der Waals surface area contributed by atoms with Crippen LogP contribution in [0.25, 0.3) is 0 Å². The molecule has 0 amide bonds. The molecule has 0 spiro atoms. The maximum Gasteiger partial charge on any atom is 0.0693 e. The molecule has 0 atom stereocenters. The highest BCUT2D eigenvalue weighted by Crippen LogP contribution is 2.39. The van der Waals surface area contributed by atoms with Gasteiger partial charge in [0.2, 0.25) is 0 Å². The van der Waals surface area contributed by atoms with Crippen molar-refractivity contribution in [2.75, 3.05) is 0 Å². The summed E-state index contributed by atoms with van der Waals surface area (Å²) in [4.78, 5) is 0. The first-order chi connectivity index (χ1) is 5.46. The normalized spacial score (nSPS) is 51.2. The molecule has 1 saturated carbocycles. The van der Waals surface area contributed by atoms with Gasteiger partial charge >= 0.3 is 0 Å². The molecule has 0 aromatic carbocycles. The van der Waals surface area contributed by atoms with E-state index >= 15 is 0 Å². The van der Waals surface area contributed by atoms with Crippen LogP contribution in [0.1, 0.15) is 0 Å². The lowest BCUT2D eigenvalue weighted by atomic mass is 9.97. The van der Waals surface area contributed by atoms with Gasteiger partial charge in [-0.15, -0.1) is 69.6 Å². The molecular formula is C6H10Cl6Si. The van der Waals surface area contributed by atoms with Crippen molar-refractivity contribution in [1.82, 2.24) is 0 Å². The van der Waals surface area contributed by atoms with Crippen LogP contribution in [0, 0.1) is 0 Å². The van der Waals surface area contributed by atoms with E-state index < -0.39 is 32.3 Å². The van der Waals surface area contributed by atoms with E-state index in [0.717, 1.165) is 0 Å². The molecule has 1 aliphatic carbocycles. The molecule has 1 aliphatic rings. The Morgan fingerprint density at radius 2 is 0.462 bits per heavy atom. The number of hydrogen-bond donors (Lipinski definition) is 0. The van der Waals surface area contributed by atoms with E-state index in [-0.39, 0.29) is 11.0 Å². The Labute approximate surface area is 112 Å². The Morgan fingerprint density at radius 3 is 0.538 bits per heavy atom. The van der Waals surface area contributed by atoms with Crippen molar-refractivity contribution < 1.29 is 0 Å². The van der Waals surface area contributed by atoms with Crippen LogP contribution in [-0.4, -0.2) is 43.2 Å². The van der Waals surface area contributed by atoms with E-state index in [1.807, 2.05) is 0 Å². The molecule has 0 N–H and O–H groups in total. The minimum absolute atomic E-state index is 0. The zero-order valence-electron chi connectivity index (χ0n) is 5.73. The van der Waals surface area contributed by atoms with Crippen LogP contribution in [0.3, 0.4) is 0 Å². The third kappa shape index (κ3) is 2.96. The second kappa shape index (κ2) is 5.88. The van der Waals surface area contributed by atoms with Crippen molar-refractivity contribution in [2.24, 2.45) is 0 Å². The molecule has 80 valence electrons. The summed E-state index contributed by atoms with van der Waals surface area (Å²) < 4.78 is 0. The summed E-state index contributed by atoms with van der Waals surface area (Å²) >= 11 is 35.3. The Morgan fingerprint density at radius 1 is 0.385 bits per heavy atom. The Hall–Kier alpha value is 1.96. The molecule has 0 bridgehead atoms. The summed E-state index contributed by atoms with van der Waals surface area (Å²) in [5.41, 5.74) is 0. The molecule has 0 saturated heterocycles. The van der Waals surface area contributed by atoms with Crippen molar-refractivity contribution in [3.63, 3.8) is 0 Å². The highest BCUT2D eigenvalue weighted by atomic mass is 35.5. The van der Waals surface area contributed by atoms with Crippen LogP contribution in [0.5, 0.6) is 0 Å². The molecule has 0 nitrogen and oxygen atoms in total. The van der Waals surface area contributed by atoms with Crippen molar-refractivity contribution >= 4 is 80.6 Å². The van der Waals surface area contributed by atoms with Crippen molar-refractivity contribution in [3.05, 3.63) is 0 Å². The molecule has 0 heterocycles. The second-order valence-corrected chi connectivity index (χ2v) is 5.69. The zero-order chi connectivity index (χ0) is 9.46. The smallest absolute Gasteiger partial charge is 0.0693 e. The molecular weight excluding hydrogens is 313 g/mol. The SMILES string of the molecule is Cl[C@H]1[C@H](Cl)[C@@H](Cl)[C@@H](Cl)[C@H](Cl)[C@H]1Cl.[SiH4]. The maximum absolute atomic E-state index is 5.88. The first-order valence-corrected chi connectivity index (χ1v) is 5.93. The molecule has 1 fully saturated rings. The Balaban J connectivity index is 0.00000144. The summed E-state index contributed by atoms with van der Waals surface area (Å²) in [6.07, 6.45) is 0. The van der Waals surface area contributed by atoms with Crippen LogP contribution < -0.4 is 0 Å². The minimum Gasteiger partial charge on any atom is -0.120 e. The van der Waals surface area contributed by atoms with Gasteiger partial charge in [0, 0.05) is 0 Å². The van der Waals surface area contributed by atoms with E-state index in [4.69, 9.17) is 69.6 Å². The zero-order valence-corrected chi connectivity index (χ0v) is 10.3. The first kappa shape index (κ1) is 15.0. The standard InChI is InChI=1S/C6H6Cl6.H4Si/c7-1-2(8)4(10)6(12)5(11)3(1)9;/h1-6H;1H4/t1-,2-,3-,4+,5+,6+;. The molecule has 0 unspecified atom stereocenters. The fourth-order valence-electron chi connectivity index (χ4n) is 1.05. The van der Waals surface area contributed by atoms with Crippen LogP contribution in [0.2, 0.25) is 0 Å². The second-order valence-electron chi connectivity index (χ2n) is 2.67. The predicted molar refractivity (Wildman–Crippen MR) is 69.2 cm³/mol. The summed E-state index contributed by atoms with van der Waals surface area (Å²) in [6.45, 7) is 0. The minimum atomic E-state index is -0.437. The fraction of sp³-hybridized carbons (Fsp3) is 1.00. The van der Waals surface area contributed by atoms with Gasteiger partial charge in [0.05, 0.1) is 32.3 Å². The first-order valence-electron chi connectivity index (χ1n) is 3.31. The molecule has 0 radical (unpaired) electrons. The van der Waals surface area contributed by atoms with Gasteiger partial charge in [-0.05, 0) is 11.0 Å². The Kier molecular flexibility index (Phi) is 6.77. The number of rotatable bonds is 0. The molecule has 0 aromatic heterocycles. The average Bonchev–Trinajstić information content (AvgIpc) is 2.08. The summed E-state index contributed by atoms with van der Waals surface area (Å²) in [7, 11) is 0. The van der Waals surface area contributed by atoms with Gasteiger partial charge in [-0.1, -0.05) is 0 Å². The van der Waals surface area contributed by atoms with Gasteiger partial charge in [-0.25, -0.2) is 0 Å². The summed E-state index contributed by atoms with van der Waals surface area (Å²) in [6, 6.07) is 0. The maximum atomic E-state index is 5.88. The van der Waals surface area contributed by atoms with E-state index in [0.29, 0.717) is 0 Å². The lowest BCUT2D eigenvalue weighted by Crippen LogP contribution is -2.52. The molecule has 1 rings (SSSR count). The molecule has 0 aliphatic heterocycles.